The lowest BCUT2D eigenvalue weighted by molar-refractivity contribution is -0.117. The lowest BCUT2D eigenvalue weighted by Crippen LogP contribution is -2.19. The molecule has 5 heteroatoms. The molecule has 0 radical (unpaired) electrons. The molecule has 2 heterocycles. The van der Waals surface area contributed by atoms with Crippen LogP contribution < -0.4 is 5.32 Å². The summed E-state index contributed by atoms with van der Waals surface area (Å²) in [6, 6.07) is 18.5. The molecule has 0 aliphatic carbocycles. The highest BCUT2D eigenvalue weighted by Crippen LogP contribution is 2.32. The summed E-state index contributed by atoms with van der Waals surface area (Å²) in [5, 5.41) is 2.76. The van der Waals surface area contributed by atoms with Crippen LogP contribution >= 0.6 is 0 Å². The van der Waals surface area contributed by atoms with Gasteiger partial charge in [-0.3, -0.25) is 9.59 Å². The van der Waals surface area contributed by atoms with Gasteiger partial charge in [-0.05, 0) is 36.8 Å². The first kappa shape index (κ1) is 16.3. The first-order valence-electron chi connectivity index (χ1n) is 8.49. The Labute approximate surface area is 150 Å². The molecular formula is C21H17FN2O2. The molecule has 4 rings (SSSR count). The van der Waals surface area contributed by atoms with Gasteiger partial charge >= 0.3 is 0 Å². The fraction of sp³-hybridized carbons (Fsp3) is 0.143. The molecule has 130 valence electrons. The molecule has 0 fully saturated rings. The number of nitrogens with one attached hydrogen (secondary N) is 1. The Hall–Kier alpha value is -3.21. The van der Waals surface area contributed by atoms with Crippen molar-refractivity contribution in [3.8, 4) is 0 Å². The summed E-state index contributed by atoms with van der Waals surface area (Å²) in [6.45, 7) is 0.609. The maximum atomic E-state index is 13.3. The molecule has 4 nitrogen and oxygen atoms in total. The normalized spacial score (nSPS) is 15.5. The van der Waals surface area contributed by atoms with E-state index in [1.54, 1.807) is 30.3 Å². The summed E-state index contributed by atoms with van der Waals surface area (Å²) in [4.78, 5) is 25.3. The number of carbonyl (C=O) groups is 2. The van der Waals surface area contributed by atoms with E-state index in [2.05, 4.69) is 5.32 Å². The summed E-state index contributed by atoms with van der Waals surface area (Å²) in [7, 11) is 0. The van der Waals surface area contributed by atoms with E-state index in [0.717, 1.165) is 5.69 Å². The summed E-state index contributed by atoms with van der Waals surface area (Å²) in [6.07, 6.45) is 0.617. The number of nitrogens with zero attached hydrogens (tertiary/aromatic N) is 1. The van der Waals surface area contributed by atoms with Crippen molar-refractivity contribution in [2.24, 2.45) is 0 Å². The highest BCUT2D eigenvalue weighted by molar-refractivity contribution is 6.08. The fourth-order valence-corrected chi connectivity index (χ4v) is 3.44. The maximum Gasteiger partial charge on any atom is 0.233 e. The predicted molar refractivity (Wildman–Crippen MR) is 96.7 cm³/mol. The second-order valence-electron chi connectivity index (χ2n) is 6.33. The molecule has 1 N–H and O–H groups in total. The first-order chi connectivity index (χ1) is 12.6. The zero-order chi connectivity index (χ0) is 18.1. The molecule has 1 aliphatic heterocycles. The van der Waals surface area contributed by atoms with Crippen LogP contribution in [0.15, 0.2) is 66.7 Å². The van der Waals surface area contributed by atoms with Gasteiger partial charge in [0.2, 0.25) is 11.7 Å². The van der Waals surface area contributed by atoms with Gasteiger partial charge in [0.15, 0.2) is 0 Å². The molecule has 0 bridgehead atoms. The molecule has 2 aromatic carbocycles. The number of carbonyl (C=O) groups excluding carboxylic acids is 2. The number of ketones is 1. The average Bonchev–Trinajstić information content (AvgIpc) is 3.23. The largest absolute Gasteiger partial charge is 0.341 e. The minimum atomic E-state index is -0.395. The van der Waals surface area contributed by atoms with Crippen molar-refractivity contribution in [3.05, 3.63) is 89.5 Å². The first-order valence-corrected chi connectivity index (χ1v) is 8.49. The van der Waals surface area contributed by atoms with Gasteiger partial charge in [-0.2, -0.15) is 0 Å². The summed E-state index contributed by atoms with van der Waals surface area (Å²) in [5.74, 6) is -0.988. The van der Waals surface area contributed by atoms with E-state index in [1.807, 2.05) is 28.8 Å². The van der Waals surface area contributed by atoms with Gasteiger partial charge in [0.25, 0.3) is 0 Å². The second-order valence-corrected chi connectivity index (χ2v) is 6.33. The van der Waals surface area contributed by atoms with Gasteiger partial charge in [-0.25, -0.2) is 4.39 Å². The highest BCUT2D eigenvalue weighted by Gasteiger charge is 2.32. The molecule has 26 heavy (non-hydrogen) atoms. The van der Waals surface area contributed by atoms with Crippen LogP contribution in [0.4, 0.5) is 10.1 Å². The number of hydrogen-bond donors (Lipinski definition) is 1. The Morgan fingerprint density at radius 2 is 1.81 bits per heavy atom. The van der Waals surface area contributed by atoms with E-state index in [0.29, 0.717) is 29.9 Å². The number of hydrogen-bond acceptors (Lipinski definition) is 2. The Balaban J connectivity index is 1.56. The van der Waals surface area contributed by atoms with Crippen LogP contribution in [0.3, 0.4) is 0 Å². The smallest absolute Gasteiger partial charge is 0.233 e. The number of halogens is 1. The summed E-state index contributed by atoms with van der Waals surface area (Å²) < 4.78 is 15.2. The Morgan fingerprint density at radius 1 is 1.00 bits per heavy atom. The van der Waals surface area contributed by atoms with Crippen LogP contribution in [0.25, 0.3) is 0 Å². The molecule has 0 saturated heterocycles. The highest BCUT2D eigenvalue weighted by atomic mass is 19.1. The van der Waals surface area contributed by atoms with Crippen molar-refractivity contribution in [2.45, 2.75) is 18.9 Å². The van der Waals surface area contributed by atoms with Gasteiger partial charge in [0.05, 0.1) is 11.6 Å². The third kappa shape index (κ3) is 2.92. The Bertz CT molecular complexity index is 979. The SMILES string of the molecule is O=C(c1ccccc1)c1ccc2n1CC[C@@H]2C(=O)Nc1cccc(F)c1. The lowest BCUT2D eigenvalue weighted by Gasteiger charge is -2.10. The molecular weight excluding hydrogens is 331 g/mol. The molecule has 1 amide bonds. The predicted octanol–water partition coefficient (Wildman–Crippen LogP) is 3.98. The Morgan fingerprint density at radius 3 is 2.58 bits per heavy atom. The number of aromatic nitrogens is 1. The van der Waals surface area contributed by atoms with Crippen molar-refractivity contribution in [1.29, 1.82) is 0 Å². The number of fused-ring (bicyclic) bond motifs is 1. The van der Waals surface area contributed by atoms with E-state index in [1.165, 1.54) is 12.1 Å². The van der Waals surface area contributed by atoms with Crippen molar-refractivity contribution in [3.63, 3.8) is 0 Å². The monoisotopic (exact) mass is 348 g/mol. The second kappa shape index (κ2) is 6.59. The van der Waals surface area contributed by atoms with E-state index in [9.17, 15) is 14.0 Å². The third-order valence-electron chi connectivity index (χ3n) is 4.69. The fourth-order valence-electron chi connectivity index (χ4n) is 3.44. The molecule has 1 aromatic heterocycles. The summed E-state index contributed by atoms with van der Waals surface area (Å²) in [5.41, 5.74) is 2.46. The standard InChI is InChI=1S/C21H17FN2O2/c22-15-7-4-8-16(13-15)23-21(26)17-11-12-24-18(17)9-10-19(24)20(25)14-5-2-1-3-6-14/h1-10,13,17H,11-12H2,(H,23,26)/t17-/m0/s1. The van der Waals surface area contributed by atoms with Gasteiger partial charge in [0.1, 0.15) is 5.82 Å². The Kier molecular flexibility index (Phi) is 4.13. The lowest BCUT2D eigenvalue weighted by atomic mass is 10.0. The van der Waals surface area contributed by atoms with E-state index < -0.39 is 5.82 Å². The van der Waals surface area contributed by atoms with Crippen LogP contribution in [-0.4, -0.2) is 16.3 Å². The van der Waals surface area contributed by atoms with Crippen molar-refractivity contribution < 1.29 is 14.0 Å². The van der Waals surface area contributed by atoms with Gasteiger partial charge in [-0.1, -0.05) is 36.4 Å². The van der Waals surface area contributed by atoms with Crippen LogP contribution in [-0.2, 0) is 11.3 Å². The number of benzene rings is 2. The number of anilines is 1. The quantitative estimate of drug-likeness (QED) is 0.725. The number of amides is 1. The minimum absolute atomic E-state index is 0.0527. The van der Waals surface area contributed by atoms with Crippen LogP contribution in [0, 0.1) is 5.82 Å². The molecule has 0 unspecified atom stereocenters. The molecule has 0 spiro atoms. The van der Waals surface area contributed by atoms with Gasteiger partial charge in [-0.15, -0.1) is 0 Å². The van der Waals surface area contributed by atoms with Crippen molar-refractivity contribution in [2.75, 3.05) is 5.32 Å². The van der Waals surface area contributed by atoms with Crippen LogP contribution in [0.2, 0.25) is 0 Å². The van der Waals surface area contributed by atoms with Crippen LogP contribution in [0.5, 0.6) is 0 Å². The van der Waals surface area contributed by atoms with Gasteiger partial charge < -0.3 is 9.88 Å². The molecule has 1 atom stereocenters. The maximum absolute atomic E-state index is 13.3. The average molecular weight is 348 g/mol. The van der Waals surface area contributed by atoms with Crippen LogP contribution in [0.1, 0.15) is 34.1 Å². The third-order valence-corrected chi connectivity index (χ3v) is 4.69. The molecule has 3 aromatic rings. The van der Waals surface area contributed by atoms with Crippen molar-refractivity contribution in [1.82, 2.24) is 4.57 Å². The van der Waals surface area contributed by atoms with E-state index in [4.69, 9.17) is 0 Å². The summed E-state index contributed by atoms with van der Waals surface area (Å²) >= 11 is 0. The zero-order valence-electron chi connectivity index (χ0n) is 14.0. The molecule has 1 aliphatic rings. The molecule has 0 saturated carbocycles. The van der Waals surface area contributed by atoms with Crippen molar-refractivity contribution >= 4 is 17.4 Å². The van der Waals surface area contributed by atoms with E-state index in [-0.39, 0.29) is 17.6 Å². The van der Waals surface area contributed by atoms with E-state index >= 15 is 0 Å². The number of rotatable bonds is 4. The topological polar surface area (TPSA) is 51.1 Å². The zero-order valence-corrected chi connectivity index (χ0v) is 14.0. The minimum Gasteiger partial charge on any atom is -0.341 e. The van der Waals surface area contributed by atoms with Gasteiger partial charge in [0, 0.05) is 23.5 Å².